The van der Waals surface area contributed by atoms with Crippen LogP contribution in [0, 0.1) is 0 Å². The Hall–Kier alpha value is -1.16. The van der Waals surface area contributed by atoms with Crippen LogP contribution in [0.15, 0.2) is 60.7 Å². The Bertz CT molecular complexity index is 321. The fraction of sp³-hybridized carbons (Fsp3) is 0. The molecule has 0 aromatic heterocycles. The van der Waals surface area contributed by atoms with Gasteiger partial charge in [0.15, 0.2) is 0 Å². The largest absolute Gasteiger partial charge is 0.356 e. The molecule has 0 amide bonds. The minimum absolute atomic E-state index is 0. The van der Waals surface area contributed by atoms with Gasteiger partial charge in [-0.3, -0.25) is 0 Å². The first-order valence-corrected chi connectivity index (χ1v) is 4.32. The van der Waals surface area contributed by atoms with Gasteiger partial charge in [0.25, 0.3) is 0 Å². The van der Waals surface area contributed by atoms with Crippen molar-refractivity contribution >= 4 is 30.2 Å². The van der Waals surface area contributed by atoms with Crippen molar-refractivity contribution in [2.75, 3.05) is 5.32 Å². The second-order valence-corrected chi connectivity index (χ2v) is 2.86. The van der Waals surface area contributed by atoms with Crippen molar-refractivity contribution < 1.29 is 0 Å². The molecule has 0 atom stereocenters. The average Bonchev–Trinajstić information content (AvgIpc) is 2.21. The third kappa shape index (κ3) is 2.96. The third-order valence-electron chi connectivity index (χ3n) is 1.84. The van der Waals surface area contributed by atoms with E-state index in [1.807, 2.05) is 60.7 Å². The van der Waals surface area contributed by atoms with Crippen LogP contribution >= 0.6 is 0 Å². The van der Waals surface area contributed by atoms with Crippen LogP contribution in [0.4, 0.5) is 11.4 Å². The molecule has 0 unspecified atom stereocenters. The molecule has 0 aliphatic rings. The summed E-state index contributed by atoms with van der Waals surface area (Å²) in [5, 5.41) is 3.30. The summed E-state index contributed by atoms with van der Waals surface area (Å²) >= 11 is 0. The van der Waals surface area contributed by atoms with Gasteiger partial charge in [-0.2, -0.15) is 0 Å². The minimum atomic E-state index is 0. The fourth-order valence-corrected chi connectivity index (χ4v) is 1.21. The summed E-state index contributed by atoms with van der Waals surface area (Å²) in [7, 11) is 0. The average molecular weight is 176 g/mol. The maximum Gasteiger partial charge on any atom is 0.0384 e. The van der Waals surface area contributed by atoms with E-state index in [1.54, 1.807) is 0 Å². The van der Waals surface area contributed by atoms with Crippen molar-refractivity contribution in [3.63, 3.8) is 0 Å². The third-order valence-corrected chi connectivity index (χ3v) is 1.84. The molecule has 1 N–H and O–H groups in total. The fourth-order valence-electron chi connectivity index (χ4n) is 1.21. The quantitative estimate of drug-likeness (QED) is 0.693. The van der Waals surface area contributed by atoms with Gasteiger partial charge in [-0.25, -0.2) is 0 Å². The van der Waals surface area contributed by atoms with Gasteiger partial charge in [-0.05, 0) is 24.3 Å². The molecule has 0 saturated carbocycles. The Labute approximate surface area is 96.3 Å². The van der Waals surface area contributed by atoms with Crippen molar-refractivity contribution in [2.24, 2.45) is 0 Å². The molecule has 0 bridgehead atoms. The van der Waals surface area contributed by atoms with Gasteiger partial charge >= 0.3 is 0 Å². The van der Waals surface area contributed by atoms with Crippen LogP contribution in [-0.4, -0.2) is 18.9 Å². The van der Waals surface area contributed by atoms with E-state index >= 15 is 0 Å². The molecule has 0 saturated heterocycles. The molecule has 0 spiro atoms. The molecular formula is C12H11LiN. The molecular weight excluding hydrogens is 165 g/mol. The zero-order valence-corrected chi connectivity index (χ0v) is 8.27. The summed E-state index contributed by atoms with van der Waals surface area (Å²) in [5.74, 6) is 0. The Morgan fingerprint density at radius 3 is 1.29 bits per heavy atom. The Morgan fingerprint density at radius 1 is 0.571 bits per heavy atom. The predicted molar refractivity (Wildman–Crippen MR) is 61.9 cm³/mol. The molecule has 1 nitrogen and oxygen atoms in total. The topological polar surface area (TPSA) is 12.0 Å². The van der Waals surface area contributed by atoms with Gasteiger partial charge < -0.3 is 5.32 Å². The van der Waals surface area contributed by atoms with Crippen molar-refractivity contribution in [1.29, 1.82) is 0 Å². The Morgan fingerprint density at radius 2 is 0.929 bits per heavy atom. The van der Waals surface area contributed by atoms with Crippen LogP contribution in [0.25, 0.3) is 0 Å². The molecule has 65 valence electrons. The van der Waals surface area contributed by atoms with Crippen LogP contribution in [0.3, 0.4) is 0 Å². The number of anilines is 2. The Balaban J connectivity index is 0.000000980. The van der Waals surface area contributed by atoms with Gasteiger partial charge in [0.05, 0.1) is 0 Å². The molecule has 0 aliphatic carbocycles. The monoisotopic (exact) mass is 176 g/mol. The number of para-hydroxylation sites is 2. The number of hydrogen-bond acceptors (Lipinski definition) is 1. The smallest absolute Gasteiger partial charge is 0.0384 e. The minimum Gasteiger partial charge on any atom is -0.356 e. The summed E-state index contributed by atoms with van der Waals surface area (Å²) in [5.41, 5.74) is 2.24. The molecule has 2 rings (SSSR count). The predicted octanol–water partition coefficient (Wildman–Crippen LogP) is 3.05. The maximum absolute atomic E-state index is 3.30. The van der Waals surface area contributed by atoms with Gasteiger partial charge in [0, 0.05) is 30.2 Å². The number of rotatable bonds is 2. The van der Waals surface area contributed by atoms with Gasteiger partial charge in [0.1, 0.15) is 0 Å². The van der Waals surface area contributed by atoms with Crippen LogP contribution in [0.2, 0.25) is 0 Å². The van der Waals surface area contributed by atoms with Crippen LogP contribution < -0.4 is 5.32 Å². The molecule has 0 aliphatic heterocycles. The summed E-state index contributed by atoms with van der Waals surface area (Å²) in [6.45, 7) is 0. The van der Waals surface area contributed by atoms with E-state index in [1.165, 1.54) is 0 Å². The first-order valence-electron chi connectivity index (χ1n) is 4.32. The second-order valence-electron chi connectivity index (χ2n) is 2.86. The SMILES string of the molecule is [Li].c1ccc(Nc2ccccc2)cc1. The Kier molecular flexibility index (Phi) is 4.32. The van der Waals surface area contributed by atoms with Crippen molar-refractivity contribution in [3.8, 4) is 0 Å². The zero-order valence-electron chi connectivity index (χ0n) is 8.27. The van der Waals surface area contributed by atoms with E-state index in [4.69, 9.17) is 0 Å². The van der Waals surface area contributed by atoms with Crippen LogP contribution in [-0.2, 0) is 0 Å². The number of hydrogen-bond donors (Lipinski definition) is 1. The van der Waals surface area contributed by atoms with E-state index in [9.17, 15) is 0 Å². The van der Waals surface area contributed by atoms with Gasteiger partial charge in [0.2, 0.25) is 0 Å². The zero-order chi connectivity index (χ0) is 8.93. The molecule has 2 aromatic rings. The summed E-state index contributed by atoms with van der Waals surface area (Å²) < 4.78 is 0. The summed E-state index contributed by atoms with van der Waals surface area (Å²) in [4.78, 5) is 0. The number of benzene rings is 2. The standard InChI is InChI=1S/C12H11N.Li/c1-3-7-11(8-4-1)13-12-9-5-2-6-10-12;/h1-10,13H;. The van der Waals surface area contributed by atoms with Crippen LogP contribution in [0.5, 0.6) is 0 Å². The van der Waals surface area contributed by atoms with Crippen molar-refractivity contribution in [2.45, 2.75) is 0 Å². The first kappa shape index (κ1) is 10.9. The van der Waals surface area contributed by atoms with E-state index < -0.39 is 0 Å². The molecule has 1 radical (unpaired) electrons. The molecule has 0 fully saturated rings. The van der Waals surface area contributed by atoms with Gasteiger partial charge in [-0.15, -0.1) is 0 Å². The molecule has 0 heterocycles. The summed E-state index contributed by atoms with van der Waals surface area (Å²) in [6, 6.07) is 20.3. The van der Waals surface area contributed by atoms with E-state index in [0.29, 0.717) is 0 Å². The summed E-state index contributed by atoms with van der Waals surface area (Å²) in [6.07, 6.45) is 0. The molecule has 2 heteroatoms. The first-order chi connectivity index (χ1) is 6.45. The van der Waals surface area contributed by atoms with E-state index in [0.717, 1.165) is 11.4 Å². The molecule has 2 aromatic carbocycles. The van der Waals surface area contributed by atoms with Crippen molar-refractivity contribution in [1.82, 2.24) is 0 Å². The van der Waals surface area contributed by atoms with E-state index in [2.05, 4.69) is 5.32 Å². The van der Waals surface area contributed by atoms with Crippen molar-refractivity contribution in [3.05, 3.63) is 60.7 Å². The van der Waals surface area contributed by atoms with Crippen LogP contribution in [0.1, 0.15) is 0 Å². The molecule has 14 heavy (non-hydrogen) atoms. The second kappa shape index (κ2) is 5.54. The normalized spacial score (nSPS) is 8.86. The van der Waals surface area contributed by atoms with E-state index in [-0.39, 0.29) is 18.9 Å². The maximum atomic E-state index is 3.30. The van der Waals surface area contributed by atoms with Gasteiger partial charge in [-0.1, -0.05) is 36.4 Å². The number of nitrogens with one attached hydrogen (secondary N) is 1.